The number of piperidine rings is 1. The van der Waals surface area contributed by atoms with Gasteiger partial charge in [-0.15, -0.1) is 0 Å². The zero-order chi connectivity index (χ0) is 14.4. The highest BCUT2D eigenvalue weighted by Crippen LogP contribution is 2.21. The number of nitrogens with zero attached hydrogens (tertiary/aromatic N) is 1. The van der Waals surface area contributed by atoms with Gasteiger partial charge in [-0.3, -0.25) is 4.79 Å². The summed E-state index contributed by atoms with van der Waals surface area (Å²) in [4.78, 5) is 12.4. The molecule has 2 heterocycles. The second kappa shape index (κ2) is 7.45. The van der Waals surface area contributed by atoms with Crippen LogP contribution >= 0.6 is 0 Å². The second-order valence-corrected chi connectivity index (χ2v) is 5.44. The van der Waals surface area contributed by atoms with Crippen molar-refractivity contribution in [2.45, 2.75) is 38.3 Å². The van der Waals surface area contributed by atoms with E-state index in [0.717, 1.165) is 38.0 Å². The summed E-state index contributed by atoms with van der Waals surface area (Å²) in [5.74, 6) is 0.0112. The van der Waals surface area contributed by atoms with E-state index < -0.39 is 0 Å². The van der Waals surface area contributed by atoms with Crippen molar-refractivity contribution in [3.63, 3.8) is 0 Å². The Morgan fingerprint density at radius 2 is 2.30 bits per heavy atom. The molecule has 0 saturated carbocycles. The van der Waals surface area contributed by atoms with Gasteiger partial charge in [-0.2, -0.15) is 0 Å². The molecule has 1 fully saturated rings. The number of nitrogens with one attached hydrogen (secondary N) is 2. The number of hydrogen-bond donors (Lipinski definition) is 2. The molecule has 1 atom stereocenters. The third-order valence-corrected chi connectivity index (χ3v) is 3.85. The zero-order valence-corrected chi connectivity index (χ0v) is 12.4. The maximum absolute atomic E-state index is 12.4. The largest absolute Gasteiger partial charge is 0.385 e. The molecule has 1 aliphatic rings. The van der Waals surface area contributed by atoms with Crippen LogP contribution in [0.5, 0.6) is 0 Å². The van der Waals surface area contributed by atoms with Gasteiger partial charge in [0.25, 0.3) is 5.91 Å². The lowest BCUT2D eigenvalue weighted by molar-refractivity contribution is 0.0916. The first-order valence-electron chi connectivity index (χ1n) is 7.39. The maximum atomic E-state index is 12.4. The molecule has 0 bridgehead atoms. The smallest absolute Gasteiger partial charge is 0.268 e. The predicted octanol–water partition coefficient (Wildman–Crippen LogP) is 1.57. The van der Waals surface area contributed by atoms with Crippen LogP contribution in [-0.4, -0.2) is 43.3 Å². The number of aromatic nitrogens is 1. The van der Waals surface area contributed by atoms with Gasteiger partial charge in [-0.25, -0.2) is 0 Å². The summed E-state index contributed by atoms with van der Waals surface area (Å²) < 4.78 is 7.16. The van der Waals surface area contributed by atoms with Crippen LogP contribution in [0.2, 0.25) is 0 Å². The van der Waals surface area contributed by atoms with Crippen molar-refractivity contribution < 1.29 is 9.53 Å². The van der Waals surface area contributed by atoms with Crippen LogP contribution in [-0.2, 0) is 4.74 Å². The first-order valence-corrected chi connectivity index (χ1v) is 7.39. The van der Waals surface area contributed by atoms with Crippen LogP contribution in [0.25, 0.3) is 0 Å². The number of carbonyl (C=O) groups excluding carboxylic acids is 1. The standard InChI is InChI=1S/C15H25N3O2/c1-12(7-11-20-2)17-15(19)14-4-3-10-18(14)13-5-8-16-9-6-13/h3-4,10,12-13,16H,5-9,11H2,1-2H3,(H,17,19). The Labute approximate surface area is 120 Å². The third kappa shape index (κ3) is 3.84. The SMILES string of the molecule is COCCC(C)NC(=O)c1cccn1C1CCNCC1. The topological polar surface area (TPSA) is 55.3 Å². The Morgan fingerprint density at radius 1 is 1.55 bits per heavy atom. The van der Waals surface area contributed by atoms with Crippen molar-refractivity contribution in [3.8, 4) is 0 Å². The molecule has 0 aromatic carbocycles. The molecule has 1 unspecified atom stereocenters. The quantitative estimate of drug-likeness (QED) is 0.831. The monoisotopic (exact) mass is 279 g/mol. The van der Waals surface area contributed by atoms with Crippen molar-refractivity contribution >= 4 is 5.91 Å². The highest BCUT2D eigenvalue weighted by atomic mass is 16.5. The van der Waals surface area contributed by atoms with E-state index in [4.69, 9.17) is 4.74 Å². The molecule has 1 amide bonds. The summed E-state index contributed by atoms with van der Waals surface area (Å²) in [5, 5.41) is 6.39. The van der Waals surface area contributed by atoms with Crippen molar-refractivity contribution in [1.82, 2.24) is 15.2 Å². The molecule has 1 aliphatic heterocycles. The molecule has 112 valence electrons. The molecule has 1 aromatic rings. The Bertz CT molecular complexity index is 425. The molecule has 0 radical (unpaired) electrons. The molecule has 0 aliphatic carbocycles. The lowest BCUT2D eigenvalue weighted by Crippen LogP contribution is -2.36. The highest BCUT2D eigenvalue weighted by molar-refractivity contribution is 5.93. The fraction of sp³-hybridized carbons (Fsp3) is 0.667. The molecule has 5 heteroatoms. The summed E-state index contributed by atoms with van der Waals surface area (Å²) in [5.41, 5.74) is 0.765. The normalized spacial score (nSPS) is 17.9. The molecule has 0 spiro atoms. The van der Waals surface area contributed by atoms with Gasteiger partial charge in [-0.1, -0.05) is 0 Å². The van der Waals surface area contributed by atoms with E-state index in [1.165, 1.54) is 0 Å². The minimum absolute atomic E-state index is 0.0112. The van der Waals surface area contributed by atoms with Crippen LogP contribution in [0.3, 0.4) is 0 Å². The summed E-state index contributed by atoms with van der Waals surface area (Å²) in [7, 11) is 1.68. The minimum Gasteiger partial charge on any atom is -0.385 e. The summed E-state index contributed by atoms with van der Waals surface area (Å²) in [6, 6.07) is 4.41. The Kier molecular flexibility index (Phi) is 5.61. The van der Waals surface area contributed by atoms with Gasteiger partial charge in [-0.05, 0) is 51.4 Å². The molecule has 5 nitrogen and oxygen atoms in total. The van der Waals surface area contributed by atoms with Crippen LogP contribution < -0.4 is 10.6 Å². The van der Waals surface area contributed by atoms with Gasteiger partial charge < -0.3 is 19.9 Å². The van der Waals surface area contributed by atoms with Crippen molar-refractivity contribution in [3.05, 3.63) is 24.0 Å². The Hall–Kier alpha value is -1.33. The lowest BCUT2D eigenvalue weighted by Gasteiger charge is -2.26. The van der Waals surface area contributed by atoms with Gasteiger partial charge in [0, 0.05) is 32.0 Å². The fourth-order valence-corrected chi connectivity index (χ4v) is 2.65. The van der Waals surface area contributed by atoms with Crippen molar-refractivity contribution in [2.24, 2.45) is 0 Å². The van der Waals surface area contributed by atoms with E-state index in [1.54, 1.807) is 7.11 Å². The van der Waals surface area contributed by atoms with Gasteiger partial charge >= 0.3 is 0 Å². The molecule has 1 aromatic heterocycles. The summed E-state index contributed by atoms with van der Waals surface area (Å²) in [6.45, 7) is 4.72. The second-order valence-electron chi connectivity index (χ2n) is 5.44. The van der Waals surface area contributed by atoms with E-state index in [1.807, 2.05) is 25.3 Å². The van der Waals surface area contributed by atoms with E-state index >= 15 is 0 Å². The summed E-state index contributed by atoms with van der Waals surface area (Å²) in [6.07, 6.45) is 5.00. The number of ether oxygens (including phenoxy) is 1. The van der Waals surface area contributed by atoms with E-state index in [0.29, 0.717) is 12.6 Å². The highest BCUT2D eigenvalue weighted by Gasteiger charge is 2.20. The number of amides is 1. The lowest BCUT2D eigenvalue weighted by atomic mass is 10.1. The van der Waals surface area contributed by atoms with Crippen LogP contribution in [0, 0.1) is 0 Å². The number of carbonyl (C=O) groups is 1. The minimum atomic E-state index is 0.0112. The summed E-state index contributed by atoms with van der Waals surface area (Å²) >= 11 is 0. The van der Waals surface area contributed by atoms with Gasteiger partial charge in [0.15, 0.2) is 0 Å². The Balaban J connectivity index is 1.97. The van der Waals surface area contributed by atoms with E-state index in [2.05, 4.69) is 15.2 Å². The predicted molar refractivity (Wildman–Crippen MR) is 79.0 cm³/mol. The van der Waals surface area contributed by atoms with Crippen molar-refractivity contribution in [2.75, 3.05) is 26.8 Å². The number of hydrogen-bond acceptors (Lipinski definition) is 3. The van der Waals surface area contributed by atoms with Gasteiger partial charge in [0.2, 0.25) is 0 Å². The molecule has 2 rings (SSSR count). The molecule has 20 heavy (non-hydrogen) atoms. The van der Waals surface area contributed by atoms with Crippen LogP contribution in [0.1, 0.15) is 42.7 Å². The number of methoxy groups -OCH3 is 1. The van der Waals surface area contributed by atoms with Gasteiger partial charge in [0.05, 0.1) is 0 Å². The molecule has 1 saturated heterocycles. The maximum Gasteiger partial charge on any atom is 0.268 e. The van der Waals surface area contributed by atoms with E-state index in [9.17, 15) is 4.79 Å². The average Bonchev–Trinajstić information content (AvgIpc) is 2.95. The van der Waals surface area contributed by atoms with E-state index in [-0.39, 0.29) is 11.9 Å². The number of rotatable bonds is 6. The first kappa shape index (κ1) is 15.1. The Morgan fingerprint density at radius 3 is 3.00 bits per heavy atom. The fourth-order valence-electron chi connectivity index (χ4n) is 2.65. The van der Waals surface area contributed by atoms with Crippen LogP contribution in [0.4, 0.5) is 0 Å². The average molecular weight is 279 g/mol. The first-order chi connectivity index (χ1) is 9.72. The molecular weight excluding hydrogens is 254 g/mol. The van der Waals surface area contributed by atoms with Crippen LogP contribution in [0.15, 0.2) is 18.3 Å². The molecule has 2 N–H and O–H groups in total. The van der Waals surface area contributed by atoms with Crippen molar-refractivity contribution in [1.29, 1.82) is 0 Å². The zero-order valence-electron chi connectivity index (χ0n) is 12.4. The third-order valence-electron chi connectivity index (χ3n) is 3.85. The molecular formula is C15H25N3O2. The van der Waals surface area contributed by atoms with Gasteiger partial charge in [0.1, 0.15) is 5.69 Å².